The summed E-state index contributed by atoms with van der Waals surface area (Å²) in [7, 11) is 3.32. The molecule has 1 aromatic carbocycles. The fraction of sp³-hybridized carbons (Fsp3) is 0.250. The van der Waals surface area contributed by atoms with E-state index in [2.05, 4.69) is 15.0 Å². The maximum atomic E-state index is 12.1. The van der Waals surface area contributed by atoms with Gasteiger partial charge in [-0.25, -0.2) is 4.98 Å². The van der Waals surface area contributed by atoms with Crippen molar-refractivity contribution in [1.29, 1.82) is 0 Å². The van der Waals surface area contributed by atoms with Gasteiger partial charge in [-0.3, -0.25) is 4.79 Å². The highest BCUT2D eigenvalue weighted by molar-refractivity contribution is 5.93. The van der Waals surface area contributed by atoms with Crippen LogP contribution in [0.2, 0.25) is 0 Å². The molecule has 1 heterocycles. The number of nitrogens with one attached hydrogen (secondary N) is 1. The summed E-state index contributed by atoms with van der Waals surface area (Å²) in [5.74, 6) is -0.0358. The van der Waals surface area contributed by atoms with Crippen LogP contribution in [0.4, 0.5) is 19.0 Å². The van der Waals surface area contributed by atoms with E-state index in [-0.39, 0.29) is 11.7 Å². The van der Waals surface area contributed by atoms with Crippen LogP contribution < -0.4 is 15.0 Å². The second-order valence-corrected chi connectivity index (χ2v) is 5.03. The highest BCUT2D eigenvalue weighted by Gasteiger charge is 2.31. The molecule has 0 aliphatic carbocycles. The molecule has 0 radical (unpaired) electrons. The van der Waals surface area contributed by atoms with Gasteiger partial charge in [-0.15, -0.1) is 13.2 Å². The monoisotopic (exact) mass is 339 g/mol. The summed E-state index contributed by atoms with van der Waals surface area (Å²) in [4.78, 5) is 17.2. The number of aromatic nitrogens is 1. The topological polar surface area (TPSA) is 54.5 Å². The summed E-state index contributed by atoms with van der Waals surface area (Å²) in [5, 5.41) is 2.54. The number of halogens is 3. The van der Waals surface area contributed by atoms with Crippen LogP contribution in [0.3, 0.4) is 0 Å². The van der Waals surface area contributed by atoms with Crippen LogP contribution in [0, 0.1) is 0 Å². The molecule has 128 valence electrons. The largest absolute Gasteiger partial charge is 0.573 e. The number of carbonyl (C=O) groups excluding carboxylic acids is 1. The smallest absolute Gasteiger partial charge is 0.404 e. The van der Waals surface area contributed by atoms with Gasteiger partial charge in [0, 0.05) is 26.2 Å². The first-order valence-corrected chi connectivity index (χ1v) is 7.02. The van der Waals surface area contributed by atoms with Gasteiger partial charge in [-0.05, 0) is 29.8 Å². The number of ether oxygens (including phenoxy) is 1. The van der Waals surface area contributed by atoms with E-state index in [1.54, 1.807) is 31.1 Å². The van der Waals surface area contributed by atoms with Gasteiger partial charge in [-0.1, -0.05) is 12.1 Å². The Kier molecular flexibility index (Phi) is 5.28. The van der Waals surface area contributed by atoms with Crippen molar-refractivity contribution >= 4 is 11.7 Å². The van der Waals surface area contributed by atoms with E-state index in [0.717, 1.165) is 11.8 Å². The normalized spacial score (nSPS) is 11.0. The van der Waals surface area contributed by atoms with E-state index in [1.165, 1.54) is 12.1 Å². The second kappa shape index (κ2) is 7.20. The van der Waals surface area contributed by atoms with Crippen molar-refractivity contribution in [3.05, 3.63) is 53.7 Å². The van der Waals surface area contributed by atoms with Crippen molar-refractivity contribution in [2.45, 2.75) is 12.9 Å². The molecule has 2 rings (SSSR count). The summed E-state index contributed by atoms with van der Waals surface area (Å²) in [5.41, 5.74) is 1.48. The highest BCUT2D eigenvalue weighted by atomic mass is 19.4. The molecule has 0 saturated carbocycles. The number of hydrogen-bond acceptors (Lipinski definition) is 4. The number of benzene rings is 1. The molecule has 0 aliphatic rings. The Morgan fingerprint density at radius 3 is 2.38 bits per heavy atom. The minimum atomic E-state index is -4.73. The first-order chi connectivity index (χ1) is 11.3. The van der Waals surface area contributed by atoms with Crippen LogP contribution >= 0.6 is 0 Å². The first kappa shape index (κ1) is 17.6. The predicted molar refractivity (Wildman–Crippen MR) is 82.9 cm³/mol. The van der Waals surface area contributed by atoms with Crippen molar-refractivity contribution < 1.29 is 22.7 Å². The number of rotatable bonds is 5. The fourth-order valence-electron chi connectivity index (χ4n) is 2.05. The summed E-state index contributed by atoms with van der Waals surface area (Å²) in [6.45, 7) is 0.487. The number of nitrogens with zero attached hydrogens (tertiary/aromatic N) is 2. The quantitative estimate of drug-likeness (QED) is 0.910. The molecule has 0 atom stereocenters. The van der Waals surface area contributed by atoms with Gasteiger partial charge in [0.05, 0.1) is 6.20 Å². The third-order valence-corrected chi connectivity index (χ3v) is 3.21. The maximum absolute atomic E-state index is 12.1. The van der Waals surface area contributed by atoms with Gasteiger partial charge in [0.2, 0.25) is 0 Å². The number of hydrogen-bond donors (Lipinski definition) is 1. The molecule has 24 heavy (non-hydrogen) atoms. The third-order valence-electron chi connectivity index (χ3n) is 3.21. The van der Waals surface area contributed by atoms with Crippen molar-refractivity contribution in [2.75, 3.05) is 19.0 Å². The minimum Gasteiger partial charge on any atom is -0.404 e. The molecule has 5 nitrogen and oxygen atoms in total. The molecule has 0 unspecified atom stereocenters. The van der Waals surface area contributed by atoms with E-state index in [9.17, 15) is 18.0 Å². The Morgan fingerprint density at radius 2 is 1.88 bits per heavy atom. The standard InChI is InChI=1S/C16H16F3N3O2/c1-20-15(23)12-5-3-11(4-6-12)10-22(2)14-8-7-13(9-21-14)24-16(17,18)19/h3-9H,10H2,1-2H3,(H,20,23). The highest BCUT2D eigenvalue weighted by Crippen LogP contribution is 2.23. The SMILES string of the molecule is CNC(=O)c1ccc(CN(C)c2ccc(OC(F)(F)F)cn2)cc1. The van der Waals surface area contributed by atoms with Crippen LogP contribution in [-0.2, 0) is 6.54 Å². The Labute approximate surface area is 137 Å². The average Bonchev–Trinajstić information content (AvgIpc) is 2.54. The van der Waals surface area contributed by atoms with E-state index in [0.29, 0.717) is 17.9 Å². The number of anilines is 1. The summed E-state index contributed by atoms with van der Waals surface area (Å²) >= 11 is 0. The maximum Gasteiger partial charge on any atom is 0.573 e. The van der Waals surface area contributed by atoms with Crippen molar-refractivity contribution in [2.24, 2.45) is 0 Å². The fourth-order valence-corrected chi connectivity index (χ4v) is 2.05. The predicted octanol–water partition coefficient (Wildman–Crippen LogP) is 2.98. The number of pyridine rings is 1. The average molecular weight is 339 g/mol. The minimum absolute atomic E-state index is 0.170. The number of carbonyl (C=O) groups is 1. The zero-order chi connectivity index (χ0) is 17.7. The lowest BCUT2D eigenvalue weighted by molar-refractivity contribution is -0.274. The molecule has 2 aromatic rings. The Bertz CT molecular complexity index is 685. The summed E-state index contributed by atoms with van der Waals surface area (Å²) < 4.78 is 40.1. The Morgan fingerprint density at radius 1 is 1.21 bits per heavy atom. The Balaban J connectivity index is 2.01. The zero-order valence-corrected chi connectivity index (χ0v) is 13.1. The third kappa shape index (κ3) is 4.87. The molecule has 1 aromatic heterocycles. The van der Waals surface area contributed by atoms with Gasteiger partial charge >= 0.3 is 6.36 Å². The Hall–Kier alpha value is -2.77. The van der Waals surface area contributed by atoms with Crippen molar-refractivity contribution in [3.63, 3.8) is 0 Å². The summed E-state index contributed by atoms with van der Waals surface area (Å²) in [6, 6.07) is 9.68. The lowest BCUT2D eigenvalue weighted by Gasteiger charge is -2.19. The lowest BCUT2D eigenvalue weighted by Crippen LogP contribution is -2.20. The van der Waals surface area contributed by atoms with Gasteiger partial charge in [0.15, 0.2) is 0 Å². The summed E-state index contributed by atoms with van der Waals surface area (Å²) in [6.07, 6.45) is -3.71. The zero-order valence-electron chi connectivity index (χ0n) is 13.1. The van der Waals surface area contributed by atoms with E-state index < -0.39 is 6.36 Å². The molecule has 1 N–H and O–H groups in total. The first-order valence-electron chi connectivity index (χ1n) is 7.02. The van der Waals surface area contributed by atoms with Crippen LogP contribution in [0.1, 0.15) is 15.9 Å². The van der Waals surface area contributed by atoms with Crippen molar-refractivity contribution in [3.8, 4) is 5.75 Å². The van der Waals surface area contributed by atoms with Gasteiger partial charge < -0.3 is 15.0 Å². The lowest BCUT2D eigenvalue weighted by atomic mass is 10.1. The molecule has 1 amide bonds. The second-order valence-electron chi connectivity index (χ2n) is 5.03. The van der Waals surface area contributed by atoms with Crippen LogP contribution in [0.15, 0.2) is 42.6 Å². The van der Waals surface area contributed by atoms with Crippen molar-refractivity contribution in [1.82, 2.24) is 10.3 Å². The molecule has 0 spiro atoms. The molecule has 8 heteroatoms. The molecule has 0 bridgehead atoms. The molecular weight excluding hydrogens is 323 g/mol. The van der Waals surface area contributed by atoms with E-state index in [1.807, 2.05) is 12.1 Å². The van der Waals surface area contributed by atoms with Gasteiger partial charge in [0.1, 0.15) is 11.6 Å². The molecule has 0 aliphatic heterocycles. The number of alkyl halides is 3. The van der Waals surface area contributed by atoms with Gasteiger partial charge in [-0.2, -0.15) is 0 Å². The van der Waals surface area contributed by atoms with Crippen LogP contribution in [-0.4, -0.2) is 31.3 Å². The molecule has 0 saturated heterocycles. The number of amides is 1. The van der Waals surface area contributed by atoms with Crippen LogP contribution in [0.5, 0.6) is 5.75 Å². The van der Waals surface area contributed by atoms with Gasteiger partial charge in [0.25, 0.3) is 5.91 Å². The van der Waals surface area contributed by atoms with E-state index in [4.69, 9.17) is 0 Å². The van der Waals surface area contributed by atoms with Crippen LogP contribution in [0.25, 0.3) is 0 Å². The molecule has 0 fully saturated rings. The molecular formula is C16H16F3N3O2. The van der Waals surface area contributed by atoms with E-state index >= 15 is 0 Å².